The molecule has 1 aliphatic carbocycles. The number of hydrogen-bond donors (Lipinski definition) is 0. The minimum Gasteiger partial charge on any atom is -0.355 e. The van der Waals surface area contributed by atoms with E-state index in [1.165, 1.54) is 0 Å². The lowest BCUT2D eigenvalue weighted by atomic mass is 9.81. The normalized spacial score (nSPS) is 19.8. The van der Waals surface area contributed by atoms with E-state index in [9.17, 15) is 18.4 Å². The summed E-state index contributed by atoms with van der Waals surface area (Å²) in [5, 5.41) is 9.98. The van der Waals surface area contributed by atoms with Gasteiger partial charge in [-0.15, -0.1) is 0 Å². The monoisotopic (exact) mass is 385 g/mol. The van der Waals surface area contributed by atoms with Crippen molar-refractivity contribution in [2.24, 2.45) is 5.92 Å². The Morgan fingerprint density at radius 1 is 1.07 bits per heavy atom. The van der Waals surface area contributed by atoms with Crippen LogP contribution in [0.1, 0.15) is 42.5 Å². The van der Waals surface area contributed by atoms with Gasteiger partial charge in [-0.1, -0.05) is 30.3 Å². The van der Waals surface area contributed by atoms with Crippen molar-refractivity contribution in [2.75, 3.05) is 18.0 Å². The summed E-state index contributed by atoms with van der Waals surface area (Å²) in [6.45, 7) is 1.67. The van der Waals surface area contributed by atoms with E-state index in [4.69, 9.17) is 4.98 Å². The number of hydrogen-bond acceptors (Lipinski definition) is 3. The van der Waals surface area contributed by atoms with Crippen molar-refractivity contribution >= 4 is 5.82 Å². The molecule has 2 heterocycles. The molecule has 4 rings (SSSR count). The maximum Gasteiger partial charge on any atom is 0.392 e. The van der Waals surface area contributed by atoms with Crippen LogP contribution in [0, 0.1) is 17.2 Å². The largest absolute Gasteiger partial charge is 0.392 e. The zero-order chi connectivity index (χ0) is 19.7. The number of aromatic nitrogens is 1. The Kier molecular flexibility index (Phi) is 5.01. The average Bonchev–Trinajstić information content (AvgIpc) is 2.72. The van der Waals surface area contributed by atoms with Crippen molar-refractivity contribution in [3.05, 3.63) is 47.2 Å². The van der Waals surface area contributed by atoms with Crippen molar-refractivity contribution in [3.8, 4) is 17.2 Å². The molecule has 1 unspecified atom stereocenters. The lowest BCUT2D eigenvalue weighted by Gasteiger charge is -2.33. The highest BCUT2D eigenvalue weighted by Crippen LogP contribution is 2.43. The first-order chi connectivity index (χ1) is 13.5. The number of rotatable bonds is 2. The van der Waals surface area contributed by atoms with Crippen molar-refractivity contribution in [2.45, 2.75) is 44.7 Å². The van der Waals surface area contributed by atoms with Gasteiger partial charge in [0.2, 0.25) is 0 Å². The quantitative estimate of drug-likeness (QED) is 0.706. The van der Waals surface area contributed by atoms with Crippen LogP contribution in [0.4, 0.5) is 19.0 Å². The molecular weight excluding hydrogens is 363 g/mol. The van der Waals surface area contributed by atoms with Crippen LogP contribution in [0.5, 0.6) is 0 Å². The second-order valence-corrected chi connectivity index (χ2v) is 7.62. The van der Waals surface area contributed by atoms with E-state index in [2.05, 4.69) is 11.0 Å². The molecule has 146 valence electrons. The van der Waals surface area contributed by atoms with Gasteiger partial charge in [-0.05, 0) is 49.7 Å². The molecule has 1 aliphatic heterocycles. The molecule has 0 radical (unpaired) electrons. The number of piperidine rings is 1. The third-order valence-corrected chi connectivity index (χ3v) is 5.84. The first-order valence-corrected chi connectivity index (χ1v) is 9.82. The number of nitrogens with zero attached hydrogens (tertiary/aromatic N) is 3. The zero-order valence-corrected chi connectivity index (χ0v) is 15.6. The molecule has 2 aliphatic rings. The van der Waals surface area contributed by atoms with Crippen molar-refractivity contribution in [3.63, 3.8) is 0 Å². The topological polar surface area (TPSA) is 39.9 Å². The zero-order valence-electron chi connectivity index (χ0n) is 15.6. The van der Waals surface area contributed by atoms with Gasteiger partial charge in [0.25, 0.3) is 0 Å². The third-order valence-electron chi connectivity index (χ3n) is 5.84. The van der Waals surface area contributed by atoms with Gasteiger partial charge in [-0.3, -0.25) is 0 Å². The number of aryl methyl sites for hydroxylation is 1. The molecule has 1 atom stereocenters. The van der Waals surface area contributed by atoms with E-state index in [0.29, 0.717) is 28.9 Å². The fourth-order valence-electron chi connectivity index (χ4n) is 4.39. The number of benzene rings is 1. The summed E-state index contributed by atoms with van der Waals surface area (Å²) >= 11 is 0. The SMILES string of the molecule is N#Cc1c(N2CCCCC2)nc2c(c1-c1ccccc1)CC(C(F)(F)F)CC2. The highest BCUT2D eigenvalue weighted by Gasteiger charge is 2.42. The van der Waals surface area contributed by atoms with E-state index in [-0.39, 0.29) is 12.8 Å². The summed E-state index contributed by atoms with van der Waals surface area (Å²) in [4.78, 5) is 6.88. The lowest BCUT2D eigenvalue weighted by Crippen LogP contribution is -2.33. The molecule has 1 fully saturated rings. The number of alkyl halides is 3. The molecule has 1 aromatic carbocycles. The number of fused-ring (bicyclic) bond motifs is 1. The van der Waals surface area contributed by atoms with Gasteiger partial charge in [0, 0.05) is 24.3 Å². The number of nitriles is 1. The highest BCUT2D eigenvalue weighted by molar-refractivity contribution is 5.80. The summed E-state index contributed by atoms with van der Waals surface area (Å²) in [5.74, 6) is -0.734. The van der Waals surface area contributed by atoms with Crippen molar-refractivity contribution in [1.82, 2.24) is 4.98 Å². The summed E-state index contributed by atoms with van der Waals surface area (Å²) in [6.07, 6.45) is -0.743. The summed E-state index contributed by atoms with van der Waals surface area (Å²) < 4.78 is 40.3. The van der Waals surface area contributed by atoms with Crippen LogP contribution < -0.4 is 4.90 Å². The molecule has 0 spiro atoms. The van der Waals surface area contributed by atoms with Crippen LogP contribution >= 0.6 is 0 Å². The van der Waals surface area contributed by atoms with Gasteiger partial charge in [0.15, 0.2) is 0 Å². The standard InChI is InChI=1S/C22H22F3N3/c23-22(24,25)16-9-10-19-17(13-16)20(15-7-3-1-4-8-15)18(14-26)21(27-19)28-11-5-2-6-12-28/h1,3-4,7-8,16H,2,5-6,9-13H2. The summed E-state index contributed by atoms with van der Waals surface area (Å²) in [7, 11) is 0. The number of anilines is 1. The maximum atomic E-state index is 13.4. The number of pyridine rings is 1. The fourth-order valence-corrected chi connectivity index (χ4v) is 4.39. The van der Waals surface area contributed by atoms with Crippen molar-refractivity contribution in [1.29, 1.82) is 5.26 Å². The Morgan fingerprint density at radius 3 is 2.43 bits per heavy atom. The molecule has 0 amide bonds. The molecule has 0 bridgehead atoms. The molecule has 0 saturated carbocycles. The molecule has 0 N–H and O–H groups in total. The van der Waals surface area contributed by atoms with E-state index < -0.39 is 12.1 Å². The van der Waals surface area contributed by atoms with Crippen molar-refractivity contribution < 1.29 is 13.2 Å². The van der Waals surface area contributed by atoms with E-state index in [1.54, 1.807) is 0 Å². The van der Waals surface area contributed by atoms with Crippen LogP contribution in [-0.2, 0) is 12.8 Å². The molecule has 3 nitrogen and oxygen atoms in total. The first-order valence-electron chi connectivity index (χ1n) is 9.82. The molecule has 1 aromatic heterocycles. The average molecular weight is 385 g/mol. The summed E-state index contributed by atoms with van der Waals surface area (Å²) in [6, 6.07) is 11.6. The third kappa shape index (κ3) is 3.46. The van der Waals surface area contributed by atoms with Gasteiger partial charge in [0.1, 0.15) is 17.5 Å². The Bertz CT molecular complexity index is 894. The van der Waals surface area contributed by atoms with Crippen LogP contribution in [0.2, 0.25) is 0 Å². The van der Waals surface area contributed by atoms with E-state index in [1.807, 2.05) is 30.3 Å². The predicted octanol–water partition coefficient (Wildman–Crippen LogP) is 5.28. The Labute approximate surface area is 162 Å². The van der Waals surface area contributed by atoms with Crippen LogP contribution in [0.3, 0.4) is 0 Å². The predicted molar refractivity (Wildman–Crippen MR) is 102 cm³/mol. The smallest absolute Gasteiger partial charge is 0.355 e. The summed E-state index contributed by atoms with van der Waals surface area (Å²) in [5.41, 5.74) is 3.16. The molecule has 6 heteroatoms. The van der Waals surface area contributed by atoms with E-state index in [0.717, 1.165) is 43.6 Å². The molecule has 28 heavy (non-hydrogen) atoms. The molecule has 2 aromatic rings. The second-order valence-electron chi connectivity index (χ2n) is 7.62. The maximum absolute atomic E-state index is 13.4. The molecule has 1 saturated heterocycles. The van der Waals surface area contributed by atoms with Gasteiger partial charge >= 0.3 is 6.18 Å². The first kappa shape index (κ1) is 18.8. The lowest BCUT2D eigenvalue weighted by molar-refractivity contribution is -0.177. The van der Waals surface area contributed by atoms with E-state index >= 15 is 0 Å². The Morgan fingerprint density at radius 2 is 1.79 bits per heavy atom. The van der Waals surface area contributed by atoms with Crippen LogP contribution in [-0.4, -0.2) is 24.2 Å². The minimum atomic E-state index is -4.23. The Balaban J connectivity index is 1.91. The van der Waals surface area contributed by atoms with Crippen LogP contribution in [0.25, 0.3) is 11.1 Å². The van der Waals surface area contributed by atoms with Crippen LogP contribution in [0.15, 0.2) is 30.3 Å². The minimum absolute atomic E-state index is 0.0586. The highest BCUT2D eigenvalue weighted by atomic mass is 19.4. The fraction of sp³-hybridized carbons (Fsp3) is 0.455. The van der Waals surface area contributed by atoms with Gasteiger partial charge in [0.05, 0.1) is 5.92 Å². The van der Waals surface area contributed by atoms with Gasteiger partial charge in [-0.25, -0.2) is 4.98 Å². The van der Waals surface area contributed by atoms with Gasteiger partial charge < -0.3 is 4.90 Å². The Hall–Kier alpha value is -2.55. The second kappa shape index (κ2) is 7.46. The van der Waals surface area contributed by atoms with Gasteiger partial charge in [-0.2, -0.15) is 18.4 Å². The molecular formula is C22H22F3N3. The number of halogens is 3.